The highest BCUT2D eigenvalue weighted by molar-refractivity contribution is 4.69. The van der Waals surface area contributed by atoms with Gasteiger partial charge in [-0.1, -0.05) is 13.3 Å². The van der Waals surface area contributed by atoms with Crippen molar-refractivity contribution < 1.29 is 0 Å². The SMILES string of the molecule is CCC1CCCN(CCCNC)CC1. The maximum Gasteiger partial charge on any atom is -0.000664 e. The van der Waals surface area contributed by atoms with Crippen LogP contribution in [0.15, 0.2) is 0 Å². The molecule has 0 aliphatic carbocycles. The zero-order valence-electron chi connectivity index (χ0n) is 9.89. The van der Waals surface area contributed by atoms with E-state index in [9.17, 15) is 0 Å². The molecule has 2 heteroatoms. The Balaban J connectivity index is 2.14. The van der Waals surface area contributed by atoms with Gasteiger partial charge in [0.15, 0.2) is 0 Å². The van der Waals surface area contributed by atoms with Gasteiger partial charge < -0.3 is 10.2 Å². The van der Waals surface area contributed by atoms with Crippen LogP contribution in [0.3, 0.4) is 0 Å². The fourth-order valence-corrected chi connectivity index (χ4v) is 2.34. The molecule has 0 bridgehead atoms. The summed E-state index contributed by atoms with van der Waals surface area (Å²) in [5, 5.41) is 3.22. The average molecular weight is 198 g/mol. The molecular weight excluding hydrogens is 172 g/mol. The van der Waals surface area contributed by atoms with Crippen molar-refractivity contribution in [2.75, 3.05) is 33.2 Å². The summed E-state index contributed by atoms with van der Waals surface area (Å²) in [6, 6.07) is 0. The Morgan fingerprint density at radius 1 is 1.29 bits per heavy atom. The molecule has 0 aromatic heterocycles. The van der Waals surface area contributed by atoms with Crippen molar-refractivity contribution in [2.24, 2.45) is 5.92 Å². The van der Waals surface area contributed by atoms with Crippen molar-refractivity contribution in [2.45, 2.75) is 39.0 Å². The molecule has 1 unspecified atom stereocenters. The summed E-state index contributed by atoms with van der Waals surface area (Å²) >= 11 is 0. The molecule has 14 heavy (non-hydrogen) atoms. The van der Waals surface area contributed by atoms with Crippen LogP contribution in [0, 0.1) is 5.92 Å². The zero-order chi connectivity index (χ0) is 10.2. The molecule has 1 rings (SSSR count). The van der Waals surface area contributed by atoms with Crippen LogP contribution >= 0.6 is 0 Å². The first kappa shape index (κ1) is 12.0. The van der Waals surface area contributed by atoms with E-state index in [1.807, 2.05) is 7.05 Å². The Bertz CT molecular complexity index is 136. The van der Waals surface area contributed by atoms with Gasteiger partial charge in [-0.25, -0.2) is 0 Å². The summed E-state index contributed by atoms with van der Waals surface area (Å²) in [5.74, 6) is 1.00. The van der Waals surface area contributed by atoms with Crippen molar-refractivity contribution >= 4 is 0 Å². The van der Waals surface area contributed by atoms with Gasteiger partial charge in [-0.3, -0.25) is 0 Å². The van der Waals surface area contributed by atoms with E-state index >= 15 is 0 Å². The molecule has 1 saturated heterocycles. The third-order valence-corrected chi connectivity index (χ3v) is 3.42. The standard InChI is InChI=1S/C12H26N2/c1-3-12-6-4-9-14(11-7-12)10-5-8-13-2/h12-13H,3-11H2,1-2H3. The number of rotatable bonds is 5. The molecule has 0 radical (unpaired) electrons. The molecule has 1 heterocycles. The van der Waals surface area contributed by atoms with E-state index in [0.717, 1.165) is 12.5 Å². The second kappa shape index (κ2) is 7.24. The average Bonchev–Trinajstić information content (AvgIpc) is 2.43. The molecule has 1 fully saturated rings. The van der Waals surface area contributed by atoms with Gasteiger partial charge in [0.05, 0.1) is 0 Å². The molecule has 1 aliphatic heterocycles. The van der Waals surface area contributed by atoms with Crippen LogP contribution in [0.25, 0.3) is 0 Å². The van der Waals surface area contributed by atoms with Crippen LogP contribution in [0.1, 0.15) is 39.0 Å². The van der Waals surface area contributed by atoms with Crippen LogP contribution in [-0.4, -0.2) is 38.1 Å². The van der Waals surface area contributed by atoms with Crippen molar-refractivity contribution in [3.63, 3.8) is 0 Å². The van der Waals surface area contributed by atoms with E-state index in [1.54, 1.807) is 0 Å². The predicted octanol–water partition coefficient (Wildman–Crippen LogP) is 2.11. The Labute approximate surface area is 89.1 Å². The zero-order valence-corrected chi connectivity index (χ0v) is 9.89. The van der Waals surface area contributed by atoms with Gasteiger partial charge in [0.2, 0.25) is 0 Å². The van der Waals surface area contributed by atoms with E-state index in [1.165, 1.54) is 51.7 Å². The predicted molar refractivity (Wildman–Crippen MR) is 62.6 cm³/mol. The summed E-state index contributed by atoms with van der Waals surface area (Å²) in [6.07, 6.45) is 6.98. The summed E-state index contributed by atoms with van der Waals surface area (Å²) in [6.45, 7) is 7.45. The number of nitrogens with zero attached hydrogens (tertiary/aromatic N) is 1. The van der Waals surface area contributed by atoms with Crippen LogP contribution in [0.5, 0.6) is 0 Å². The summed E-state index contributed by atoms with van der Waals surface area (Å²) in [4.78, 5) is 2.65. The van der Waals surface area contributed by atoms with E-state index in [4.69, 9.17) is 0 Å². The smallest absolute Gasteiger partial charge is 0.000664 e. The van der Waals surface area contributed by atoms with Crippen molar-refractivity contribution in [3.8, 4) is 0 Å². The Kier molecular flexibility index (Phi) is 6.20. The molecular formula is C12H26N2. The number of hydrogen-bond acceptors (Lipinski definition) is 2. The lowest BCUT2D eigenvalue weighted by Gasteiger charge is -2.19. The topological polar surface area (TPSA) is 15.3 Å². The minimum absolute atomic E-state index is 1.00. The minimum Gasteiger partial charge on any atom is -0.320 e. The molecule has 1 aliphatic rings. The van der Waals surface area contributed by atoms with Crippen LogP contribution in [0.2, 0.25) is 0 Å². The first-order valence-corrected chi connectivity index (χ1v) is 6.23. The van der Waals surface area contributed by atoms with Gasteiger partial charge in [0.25, 0.3) is 0 Å². The largest absolute Gasteiger partial charge is 0.320 e. The highest BCUT2D eigenvalue weighted by atomic mass is 15.1. The Morgan fingerprint density at radius 3 is 2.86 bits per heavy atom. The van der Waals surface area contributed by atoms with Crippen LogP contribution in [-0.2, 0) is 0 Å². The Hall–Kier alpha value is -0.0800. The van der Waals surface area contributed by atoms with E-state index in [2.05, 4.69) is 17.1 Å². The third kappa shape index (κ3) is 4.43. The minimum atomic E-state index is 1.00. The molecule has 84 valence electrons. The van der Waals surface area contributed by atoms with Gasteiger partial charge >= 0.3 is 0 Å². The van der Waals surface area contributed by atoms with Gasteiger partial charge in [-0.2, -0.15) is 0 Å². The Morgan fingerprint density at radius 2 is 2.14 bits per heavy atom. The quantitative estimate of drug-likeness (QED) is 0.681. The van der Waals surface area contributed by atoms with E-state index in [-0.39, 0.29) is 0 Å². The van der Waals surface area contributed by atoms with Crippen molar-refractivity contribution in [3.05, 3.63) is 0 Å². The molecule has 1 N–H and O–H groups in total. The lowest BCUT2D eigenvalue weighted by atomic mass is 9.98. The molecule has 0 aromatic rings. The number of likely N-dealkylation sites (tertiary alicyclic amines) is 1. The van der Waals surface area contributed by atoms with Crippen LogP contribution in [0.4, 0.5) is 0 Å². The highest BCUT2D eigenvalue weighted by Gasteiger charge is 2.14. The lowest BCUT2D eigenvalue weighted by Crippen LogP contribution is -2.27. The van der Waals surface area contributed by atoms with Crippen LogP contribution < -0.4 is 5.32 Å². The molecule has 2 nitrogen and oxygen atoms in total. The maximum absolute atomic E-state index is 3.22. The fraction of sp³-hybridized carbons (Fsp3) is 1.00. The first-order valence-electron chi connectivity index (χ1n) is 6.23. The molecule has 0 amide bonds. The summed E-state index contributed by atoms with van der Waals surface area (Å²) in [5.41, 5.74) is 0. The van der Waals surface area contributed by atoms with Gasteiger partial charge in [-0.05, 0) is 64.8 Å². The highest BCUT2D eigenvalue weighted by Crippen LogP contribution is 2.19. The molecule has 0 spiro atoms. The first-order chi connectivity index (χ1) is 6.86. The fourth-order valence-electron chi connectivity index (χ4n) is 2.34. The second-order valence-corrected chi connectivity index (χ2v) is 4.50. The molecule has 0 aromatic carbocycles. The van der Waals surface area contributed by atoms with E-state index in [0.29, 0.717) is 0 Å². The second-order valence-electron chi connectivity index (χ2n) is 4.50. The van der Waals surface area contributed by atoms with E-state index < -0.39 is 0 Å². The lowest BCUT2D eigenvalue weighted by molar-refractivity contribution is 0.276. The van der Waals surface area contributed by atoms with Gasteiger partial charge in [0.1, 0.15) is 0 Å². The molecule has 0 saturated carbocycles. The number of hydrogen-bond donors (Lipinski definition) is 1. The summed E-state index contributed by atoms with van der Waals surface area (Å²) < 4.78 is 0. The van der Waals surface area contributed by atoms with Gasteiger partial charge in [0, 0.05) is 0 Å². The monoisotopic (exact) mass is 198 g/mol. The van der Waals surface area contributed by atoms with Crippen molar-refractivity contribution in [1.29, 1.82) is 0 Å². The van der Waals surface area contributed by atoms with Gasteiger partial charge in [-0.15, -0.1) is 0 Å². The third-order valence-electron chi connectivity index (χ3n) is 3.42. The summed E-state index contributed by atoms with van der Waals surface area (Å²) in [7, 11) is 2.04. The maximum atomic E-state index is 3.22. The molecule has 1 atom stereocenters. The normalized spacial score (nSPS) is 24.9. The van der Waals surface area contributed by atoms with Crippen molar-refractivity contribution in [1.82, 2.24) is 10.2 Å². The number of nitrogens with one attached hydrogen (secondary N) is 1.